The molecule has 0 aliphatic carbocycles. The molecule has 2 amide bonds. The van der Waals surface area contributed by atoms with Crippen LogP contribution in [0.2, 0.25) is 0 Å². The fourth-order valence-corrected chi connectivity index (χ4v) is 26.4. The minimum Gasteiger partial charge on any atom is -0.376 e. The van der Waals surface area contributed by atoms with Gasteiger partial charge >= 0.3 is 0 Å². The number of unbranched alkanes of at least 4 members (excludes halogenated alkanes) is 42. The van der Waals surface area contributed by atoms with Gasteiger partial charge in [0.2, 0.25) is 0 Å². The Labute approximate surface area is 733 Å². The molecule has 4 atom stereocenters. The predicted octanol–water partition coefficient (Wildman–Crippen LogP) is 36.5. The molecule has 6 nitrogen and oxygen atoms in total. The molecule has 116 heavy (non-hydrogen) atoms. The quantitative estimate of drug-likeness (QED) is 0.0357. The van der Waals surface area contributed by atoms with E-state index in [0.29, 0.717) is 61.1 Å². The van der Waals surface area contributed by atoms with E-state index in [9.17, 15) is 0 Å². The Morgan fingerprint density at radius 1 is 0.302 bits per heavy atom. The highest BCUT2D eigenvalue weighted by molar-refractivity contribution is 7.37. The van der Waals surface area contributed by atoms with Crippen molar-refractivity contribution in [3.63, 3.8) is 0 Å². The lowest BCUT2D eigenvalue weighted by Crippen LogP contribution is -2.34. The number of nitrogens with zero attached hydrogens (tertiary/aromatic N) is 2. The van der Waals surface area contributed by atoms with Gasteiger partial charge in [0, 0.05) is 97.1 Å². The van der Waals surface area contributed by atoms with Crippen LogP contribution in [0.5, 0.6) is 0 Å². The largest absolute Gasteiger partial charge is 0.376 e. The van der Waals surface area contributed by atoms with Crippen LogP contribution >= 0.6 is 68.0 Å². The van der Waals surface area contributed by atoms with Crippen molar-refractivity contribution in [1.82, 2.24) is 9.80 Å². The first-order valence-corrected chi connectivity index (χ1v) is 54.2. The van der Waals surface area contributed by atoms with Gasteiger partial charge in [-0.15, -0.1) is 68.0 Å². The van der Waals surface area contributed by atoms with Crippen molar-refractivity contribution < 1.29 is 19.1 Å². The summed E-state index contributed by atoms with van der Waals surface area (Å²) in [5.74, 6) is 2.03. The Bertz CT molecular complexity index is 3940. The number of benzene rings is 1. The molecular weight excluding hydrogens is 1530 g/mol. The van der Waals surface area contributed by atoms with Crippen molar-refractivity contribution in [3.8, 4) is 19.5 Å². The van der Waals surface area contributed by atoms with Crippen molar-refractivity contribution >= 4 is 125 Å². The van der Waals surface area contributed by atoms with E-state index in [1.165, 1.54) is 396 Å². The normalized spacial score (nSPS) is 14.6. The van der Waals surface area contributed by atoms with E-state index in [2.05, 4.69) is 115 Å². The van der Waals surface area contributed by atoms with Crippen LogP contribution < -0.4 is 0 Å². The lowest BCUT2D eigenvalue weighted by Gasteiger charge is -2.29. The number of ether oxygens (including phenoxy) is 2. The van der Waals surface area contributed by atoms with Gasteiger partial charge in [0.15, 0.2) is 0 Å². The number of thiophene rings is 6. The zero-order valence-electron chi connectivity index (χ0n) is 75.6. The number of aryl methyl sites for hydroxylation is 1. The SMILES string of the molecule is CCCCCCCCCCCCCCC(CCCCCCCCCCCC)CN1C(=O)C2=C(c3ccc(-c4cc5sc6c(COCC(CC)CCCC)c7c(sc8cc(-c9ccc(C)s9)sc87)c(COCC(CC)CCCC)c6c5s4)s3)N(CC(CCCCCCCCCCCC)CCCCCCCCCCCCCC)C(=O)C2=C1C. The summed E-state index contributed by atoms with van der Waals surface area (Å²) < 4.78 is 22.3. The molecule has 4 unspecified atom stereocenters. The Balaban J connectivity index is 1.06. The van der Waals surface area contributed by atoms with Gasteiger partial charge in [0.25, 0.3) is 11.8 Å². The molecule has 7 aromatic rings. The van der Waals surface area contributed by atoms with Crippen molar-refractivity contribution in [3.05, 3.63) is 74.1 Å². The van der Waals surface area contributed by atoms with Crippen molar-refractivity contribution in [2.45, 2.75) is 442 Å². The highest BCUT2D eigenvalue weighted by atomic mass is 32.1. The van der Waals surface area contributed by atoms with Gasteiger partial charge in [0.1, 0.15) is 0 Å². The van der Waals surface area contributed by atoms with E-state index in [1.807, 2.05) is 68.0 Å². The predicted molar refractivity (Wildman–Crippen MR) is 520 cm³/mol. The Morgan fingerprint density at radius 2 is 0.612 bits per heavy atom. The van der Waals surface area contributed by atoms with Gasteiger partial charge < -0.3 is 19.3 Å². The third-order valence-electron chi connectivity index (χ3n) is 26.4. The van der Waals surface area contributed by atoms with Crippen molar-refractivity contribution in [1.29, 1.82) is 0 Å². The van der Waals surface area contributed by atoms with Gasteiger partial charge in [-0.1, -0.05) is 376 Å². The van der Waals surface area contributed by atoms with Crippen LogP contribution in [-0.2, 0) is 32.3 Å². The second kappa shape index (κ2) is 55.8. The second-order valence-corrected chi connectivity index (χ2v) is 42.7. The van der Waals surface area contributed by atoms with Crippen LogP contribution in [0.4, 0.5) is 0 Å². The first-order valence-electron chi connectivity index (χ1n) is 49.3. The lowest BCUT2D eigenvalue weighted by atomic mass is 9.93. The summed E-state index contributed by atoms with van der Waals surface area (Å²) >= 11 is 11.6. The molecule has 0 fully saturated rings. The summed E-state index contributed by atoms with van der Waals surface area (Å²) in [5, 5.41) is 2.74. The van der Waals surface area contributed by atoms with Crippen LogP contribution in [-0.4, -0.2) is 47.9 Å². The smallest absolute Gasteiger partial charge is 0.261 e. The summed E-state index contributed by atoms with van der Waals surface area (Å²) in [7, 11) is 0. The molecule has 0 radical (unpaired) electrons. The Kier molecular flexibility index (Phi) is 46.5. The van der Waals surface area contributed by atoms with E-state index >= 15 is 9.59 Å². The maximum atomic E-state index is 16.1. The third kappa shape index (κ3) is 30.1. The number of hydrogen-bond donors (Lipinski definition) is 0. The molecule has 12 heteroatoms. The molecule has 8 heterocycles. The maximum Gasteiger partial charge on any atom is 0.261 e. The molecule has 0 N–H and O–H groups in total. The summed E-state index contributed by atoms with van der Waals surface area (Å²) in [4.78, 5) is 44.1. The summed E-state index contributed by atoms with van der Waals surface area (Å²) in [6, 6.07) is 14.2. The maximum absolute atomic E-state index is 16.1. The summed E-state index contributed by atoms with van der Waals surface area (Å²) in [6.07, 6.45) is 73.0. The Hall–Kier alpha value is -3.20. The monoisotopic (exact) mass is 1700 g/mol. The molecule has 650 valence electrons. The second-order valence-electron chi connectivity index (χ2n) is 36.2. The first kappa shape index (κ1) is 96.6. The van der Waals surface area contributed by atoms with Gasteiger partial charge in [-0.25, -0.2) is 0 Å². The number of rotatable bonds is 71. The fraction of sp³-hybridized carbons (Fsp3) is 0.731. The topological polar surface area (TPSA) is 59.1 Å². The fourth-order valence-electron chi connectivity index (χ4n) is 18.9. The molecule has 0 saturated heterocycles. The standard InChI is InChI=1S/C104H164N2O4S6/c1-11-19-25-29-33-37-41-43-47-51-54-58-64-83(63-57-53-49-45-39-35-31-27-21-13-3)73-105-80(10)94-97(104(105)108)98(106(103(94)107)74-84(65-59-55-50-46-40-36-32-28-22-14-4)66-60-56-52-48-44-42-38-34-30-26-20-12-2)89-70-69-88(112-89)91-72-93-102(114-91)96-86(78-110-76-82(18-8)62-24-16-6)99-95(85(100(96)116-93)77-109-75-81(17-7)61-23-15-5)101-92(115-99)71-90(113-101)87-68-67-79(9)111-87/h67-72,81-84H,11-66,73-78H2,1-10H3. The molecule has 0 bridgehead atoms. The average Bonchev–Trinajstić information content (AvgIpc) is 1.55. The van der Waals surface area contributed by atoms with Crippen LogP contribution in [0.3, 0.4) is 0 Å². The van der Waals surface area contributed by atoms with Crippen LogP contribution in [0.25, 0.3) is 64.2 Å². The minimum atomic E-state index is 0.0744. The van der Waals surface area contributed by atoms with E-state index in [1.54, 1.807) is 0 Å². The molecule has 2 aliphatic heterocycles. The van der Waals surface area contributed by atoms with Crippen molar-refractivity contribution in [2.75, 3.05) is 26.3 Å². The number of allylic oxidation sites excluding steroid dienone is 1. The molecule has 1 aromatic carbocycles. The highest BCUT2D eigenvalue weighted by Crippen LogP contribution is 2.55. The van der Waals surface area contributed by atoms with Gasteiger partial charge in [-0.2, -0.15) is 0 Å². The highest BCUT2D eigenvalue weighted by Gasteiger charge is 2.48. The van der Waals surface area contributed by atoms with Crippen LogP contribution in [0, 0.1) is 30.6 Å². The molecular formula is C104H164N2O4S6. The molecule has 9 rings (SSSR count). The van der Waals surface area contributed by atoms with E-state index in [0.717, 1.165) is 68.0 Å². The number of carbonyl (C=O) groups excluding carboxylic acids is 2. The first-order chi connectivity index (χ1) is 57.0. The van der Waals surface area contributed by atoms with E-state index in [4.69, 9.17) is 9.47 Å². The molecule has 0 spiro atoms. The van der Waals surface area contributed by atoms with Gasteiger partial charge in [-0.3, -0.25) is 9.59 Å². The lowest BCUT2D eigenvalue weighted by molar-refractivity contribution is -0.125. The molecule has 6 aromatic heterocycles. The van der Waals surface area contributed by atoms with Crippen LogP contribution in [0.1, 0.15) is 443 Å². The molecule has 0 saturated carbocycles. The third-order valence-corrected chi connectivity index (χ3v) is 33.9. The number of amides is 2. The number of carbonyl (C=O) groups is 2. The zero-order chi connectivity index (χ0) is 81.9. The van der Waals surface area contributed by atoms with E-state index in [-0.39, 0.29) is 11.8 Å². The zero-order valence-corrected chi connectivity index (χ0v) is 80.5. The number of hydrogen-bond acceptors (Lipinski definition) is 10. The summed E-state index contributed by atoms with van der Waals surface area (Å²) in [6.45, 7) is 27.1. The Morgan fingerprint density at radius 3 is 0.957 bits per heavy atom. The minimum absolute atomic E-state index is 0.0744. The number of fused-ring (bicyclic) bond motifs is 7. The van der Waals surface area contributed by atoms with Crippen LogP contribution in [0.15, 0.2) is 53.2 Å². The van der Waals surface area contributed by atoms with Crippen molar-refractivity contribution in [2.24, 2.45) is 23.7 Å². The average molecular weight is 1700 g/mol. The summed E-state index contributed by atoms with van der Waals surface area (Å²) in [5.41, 5.74) is 5.89. The van der Waals surface area contributed by atoms with Gasteiger partial charge in [-0.05, 0) is 112 Å². The van der Waals surface area contributed by atoms with Gasteiger partial charge in [0.05, 0.1) is 44.3 Å². The molecule has 2 aliphatic rings. The van der Waals surface area contributed by atoms with E-state index < -0.39 is 0 Å².